The lowest BCUT2D eigenvalue weighted by Crippen LogP contribution is -2.42. The smallest absolute Gasteiger partial charge is 0.0565 e. The van der Waals surface area contributed by atoms with Crippen LogP contribution in [0.1, 0.15) is 50.8 Å². The molecule has 1 aromatic carbocycles. The average molecular weight is 247 g/mol. The molecule has 2 nitrogen and oxygen atoms in total. The van der Waals surface area contributed by atoms with Crippen molar-refractivity contribution in [3.63, 3.8) is 0 Å². The molecule has 0 saturated carbocycles. The van der Waals surface area contributed by atoms with Gasteiger partial charge in [-0.3, -0.25) is 0 Å². The van der Waals surface area contributed by atoms with E-state index < -0.39 is 0 Å². The third-order valence-corrected chi connectivity index (χ3v) is 3.84. The molecule has 0 bridgehead atoms. The maximum Gasteiger partial charge on any atom is 0.0565 e. The SMILES string of the molecule is Cc1ccccc1[C@H](C)NC1CC(C)OC(C)C1. The molecule has 0 amide bonds. The van der Waals surface area contributed by atoms with Crippen LogP contribution in [-0.4, -0.2) is 18.2 Å². The van der Waals surface area contributed by atoms with Crippen molar-refractivity contribution in [3.8, 4) is 0 Å². The Morgan fingerprint density at radius 3 is 2.39 bits per heavy atom. The average Bonchev–Trinajstić information content (AvgIpc) is 2.27. The Kier molecular flexibility index (Phi) is 4.41. The molecular weight excluding hydrogens is 222 g/mol. The number of hydrogen-bond acceptors (Lipinski definition) is 2. The molecule has 2 rings (SSSR count). The summed E-state index contributed by atoms with van der Waals surface area (Å²) >= 11 is 0. The van der Waals surface area contributed by atoms with Crippen molar-refractivity contribution in [1.29, 1.82) is 0 Å². The standard InChI is InChI=1S/C16H25NO/c1-11-7-5-6-8-16(11)14(4)17-15-9-12(2)18-13(3)10-15/h5-8,12-15,17H,9-10H2,1-4H3/t12?,13?,14-,15?/m0/s1. The molecule has 18 heavy (non-hydrogen) atoms. The van der Waals surface area contributed by atoms with Crippen LogP contribution in [0.4, 0.5) is 0 Å². The van der Waals surface area contributed by atoms with Crippen molar-refractivity contribution in [2.75, 3.05) is 0 Å². The third kappa shape index (κ3) is 3.33. The number of rotatable bonds is 3. The zero-order valence-corrected chi connectivity index (χ0v) is 11.9. The van der Waals surface area contributed by atoms with Gasteiger partial charge in [0, 0.05) is 12.1 Å². The third-order valence-electron chi connectivity index (χ3n) is 3.84. The predicted octanol–water partition coefficient (Wildman–Crippen LogP) is 3.60. The van der Waals surface area contributed by atoms with Gasteiger partial charge in [0.25, 0.3) is 0 Å². The highest BCUT2D eigenvalue weighted by molar-refractivity contribution is 5.28. The minimum atomic E-state index is 0.371. The Morgan fingerprint density at radius 2 is 1.78 bits per heavy atom. The molecule has 1 aromatic rings. The Labute approximate surface area is 111 Å². The van der Waals surface area contributed by atoms with Gasteiger partial charge in [0.15, 0.2) is 0 Å². The lowest BCUT2D eigenvalue weighted by atomic mass is 9.96. The van der Waals surface area contributed by atoms with E-state index >= 15 is 0 Å². The lowest BCUT2D eigenvalue weighted by molar-refractivity contribution is -0.0433. The Balaban J connectivity index is 1.99. The molecular formula is C16H25NO. The highest BCUT2D eigenvalue weighted by Crippen LogP contribution is 2.23. The second-order valence-electron chi connectivity index (χ2n) is 5.67. The number of aryl methyl sites for hydroxylation is 1. The second-order valence-corrected chi connectivity index (χ2v) is 5.67. The van der Waals surface area contributed by atoms with Gasteiger partial charge in [0.1, 0.15) is 0 Å². The lowest BCUT2D eigenvalue weighted by Gasteiger charge is -2.34. The fourth-order valence-electron chi connectivity index (χ4n) is 3.06. The van der Waals surface area contributed by atoms with Gasteiger partial charge in [-0.25, -0.2) is 0 Å². The van der Waals surface area contributed by atoms with E-state index in [-0.39, 0.29) is 0 Å². The van der Waals surface area contributed by atoms with E-state index in [0.29, 0.717) is 24.3 Å². The van der Waals surface area contributed by atoms with Crippen LogP contribution < -0.4 is 5.32 Å². The van der Waals surface area contributed by atoms with E-state index in [2.05, 4.69) is 57.3 Å². The Morgan fingerprint density at radius 1 is 1.17 bits per heavy atom. The first kappa shape index (κ1) is 13.6. The Bertz CT molecular complexity index is 380. The van der Waals surface area contributed by atoms with Gasteiger partial charge in [-0.15, -0.1) is 0 Å². The van der Waals surface area contributed by atoms with Gasteiger partial charge in [-0.1, -0.05) is 24.3 Å². The van der Waals surface area contributed by atoms with Crippen LogP contribution in [0.25, 0.3) is 0 Å². The van der Waals surface area contributed by atoms with E-state index in [9.17, 15) is 0 Å². The van der Waals surface area contributed by atoms with Crippen molar-refractivity contribution in [1.82, 2.24) is 5.32 Å². The summed E-state index contributed by atoms with van der Waals surface area (Å²) in [5.41, 5.74) is 2.77. The number of nitrogens with one attached hydrogen (secondary N) is 1. The van der Waals surface area contributed by atoms with E-state index in [4.69, 9.17) is 4.74 Å². The van der Waals surface area contributed by atoms with Crippen molar-refractivity contribution in [3.05, 3.63) is 35.4 Å². The molecule has 100 valence electrons. The molecule has 1 fully saturated rings. The zero-order valence-electron chi connectivity index (χ0n) is 11.9. The molecule has 0 aliphatic carbocycles. The van der Waals surface area contributed by atoms with Crippen LogP contribution in [0.2, 0.25) is 0 Å². The maximum absolute atomic E-state index is 5.79. The van der Waals surface area contributed by atoms with Crippen molar-refractivity contribution in [2.45, 2.75) is 64.8 Å². The number of hydrogen-bond donors (Lipinski definition) is 1. The molecule has 0 spiro atoms. The maximum atomic E-state index is 5.79. The van der Waals surface area contributed by atoms with Crippen LogP contribution >= 0.6 is 0 Å². The highest BCUT2D eigenvalue weighted by Gasteiger charge is 2.25. The van der Waals surface area contributed by atoms with E-state index in [1.807, 2.05) is 0 Å². The molecule has 1 aliphatic heterocycles. The topological polar surface area (TPSA) is 21.3 Å². The number of benzene rings is 1. The van der Waals surface area contributed by atoms with Crippen molar-refractivity contribution in [2.24, 2.45) is 0 Å². The van der Waals surface area contributed by atoms with Crippen LogP contribution in [0, 0.1) is 6.92 Å². The van der Waals surface area contributed by atoms with Crippen LogP contribution in [0.3, 0.4) is 0 Å². The normalized spacial score (nSPS) is 30.1. The first-order valence-electron chi connectivity index (χ1n) is 7.03. The van der Waals surface area contributed by atoms with Gasteiger partial charge in [-0.2, -0.15) is 0 Å². The summed E-state index contributed by atoms with van der Waals surface area (Å²) in [5, 5.41) is 3.76. The summed E-state index contributed by atoms with van der Waals surface area (Å²) in [4.78, 5) is 0. The first-order chi connectivity index (χ1) is 8.56. The molecule has 1 aliphatic rings. The summed E-state index contributed by atoms with van der Waals surface area (Å²) in [5.74, 6) is 0. The molecule has 3 atom stereocenters. The van der Waals surface area contributed by atoms with Crippen LogP contribution in [0.5, 0.6) is 0 Å². The Hall–Kier alpha value is -0.860. The molecule has 1 saturated heterocycles. The van der Waals surface area contributed by atoms with Gasteiger partial charge < -0.3 is 10.1 Å². The van der Waals surface area contributed by atoms with Gasteiger partial charge >= 0.3 is 0 Å². The minimum absolute atomic E-state index is 0.371. The van der Waals surface area contributed by atoms with Gasteiger partial charge in [0.05, 0.1) is 12.2 Å². The molecule has 0 aromatic heterocycles. The van der Waals surface area contributed by atoms with E-state index in [1.165, 1.54) is 11.1 Å². The highest BCUT2D eigenvalue weighted by atomic mass is 16.5. The predicted molar refractivity (Wildman–Crippen MR) is 75.8 cm³/mol. The zero-order chi connectivity index (χ0) is 13.1. The summed E-state index contributed by atoms with van der Waals surface area (Å²) in [7, 11) is 0. The fraction of sp³-hybridized carbons (Fsp3) is 0.625. The van der Waals surface area contributed by atoms with Crippen LogP contribution in [0.15, 0.2) is 24.3 Å². The van der Waals surface area contributed by atoms with Crippen molar-refractivity contribution < 1.29 is 4.74 Å². The summed E-state index contributed by atoms with van der Waals surface area (Å²) < 4.78 is 5.79. The molecule has 0 radical (unpaired) electrons. The monoisotopic (exact) mass is 247 g/mol. The first-order valence-corrected chi connectivity index (χ1v) is 7.03. The van der Waals surface area contributed by atoms with E-state index in [0.717, 1.165) is 12.8 Å². The van der Waals surface area contributed by atoms with E-state index in [1.54, 1.807) is 0 Å². The fourth-order valence-corrected chi connectivity index (χ4v) is 3.06. The number of ether oxygens (including phenoxy) is 1. The molecule has 2 unspecified atom stereocenters. The van der Waals surface area contributed by atoms with Gasteiger partial charge in [0.2, 0.25) is 0 Å². The molecule has 1 heterocycles. The summed E-state index contributed by atoms with van der Waals surface area (Å²) in [6.45, 7) is 8.78. The molecule has 1 N–H and O–H groups in total. The second kappa shape index (κ2) is 5.85. The van der Waals surface area contributed by atoms with Crippen LogP contribution in [-0.2, 0) is 4.74 Å². The molecule has 2 heteroatoms. The quantitative estimate of drug-likeness (QED) is 0.881. The summed E-state index contributed by atoms with van der Waals surface area (Å²) in [6, 6.07) is 9.61. The summed E-state index contributed by atoms with van der Waals surface area (Å²) in [6.07, 6.45) is 2.96. The van der Waals surface area contributed by atoms with Gasteiger partial charge in [-0.05, 0) is 51.7 Å². The largest absolute Gasteiger partial charge is 0.375 e. The minimum Gasteiger partial charge on any atom is -0.375 e. The van der Waals surface area contributed by atoms with Crippen molar-refractivity contribution >= 4 is 0 Å².